The van der Waals surface area contributed by atoms with Gasteiger partial charge in [-0.3, -0.25) is 4.90 Å². The Labute approximate surface area is 187 Å². The number of anilines is 1. The van der Waals surface area contributed by atoms with Gasteiger partial charge in [-0.2, -0.15) is 39.5 Å². The van der Waals surface area contributed by atoms with Gasteiger partial charge in [0.05, 0.1) is 28.4 Å². The largest absolute Gasteiger partial charge is 0.465 e. The van der Waals surface area contributed by atoms with Crippen LogP contribution >= 0.6 is 0 Å². The van der Waals surface area contributed by atoms with Crippen LogP contribution in [0.25, 0.3) is 5.57 Å². The third-order valence-corrected chi connectivity index (χ3v) is 5.32. The van der Waals surface area contributed by atoms with E-state index in [4.69, 9.17) is 0 Å². The molecule has 0 unspecified atom stereocenters. The van der Waals surface area contributed by atoms with Gasteiger partial charge in [0.25, 0.3) is 0 Å². The van der Waals surface area contributed by atoms with Gasteiger partial charge < -0.3 is 5.11 Å². The molecule has 3 rings (SSSR count). The molecule has 0 bridgehead atoms. The van der Waals surface area contributed by atoms with E-state index in [1.165, 1.54) is 6.08 Å². The lowest BCUT2D eigenvalue weighted by atomic mass is 9.88. The van der Waals surface area contributed by atoms with Crippen molar-refractivity contribution in [3.63, 3.8) is 0 Å². The number of amides is 1. The maximum atomic E-state index is 13.3. The topological polar surface area (TPSA) is 40.5 Å². The van der Waals surface area contributed by atoms with Gasteiger partial charge in [0.1, 0.15) is 0 Å². The Morgan fingerprint density at radius 3 is 1.82 bits per heavy atom. The number of hydrogen-bond acceptors (Lipinski definition) is 1. The van der Waals surface area contributed by atoms with Gasteiger partial charge in [0.2, 0.25) is 0 Å². The number of carbonyl (C=O) groups is 1. The molecule has 184 valence electrons. The molecule has 0 radical (unpaired) electrons. The minimum absolute atomic E-state index is 0.0158. The second-order valence-electron chi connectivity index (χ2n) is 7.64. The van der Waals surface area contributed by atoms with Crippen LogP contribution in [0.2, 0.25) is 0 Å². The molecule has 0 saturated carbocycles. The summed E-state index contributed by atoms with van der Waals surface area (Å²) in [6.45, 7) is 1.58. The highest BCUT2D eigenvalue weighted by Gasteiger charge is 2.38. The molecule has 1 amide bonds. The molecule has 0 spiro atoms. The van der Waals surface area contributed by atoms with Crippen LogP contribution in [0.5, 0.6) is 0 Å². The Bertz CT molecular complexity index is 1100. The molecule has 0 fully saturated rings. The molecule has 1 heterocycles. The van der Waals surface area contributed by atoms with Gasteiger partial charge in [-0.05, 0) is 60.4 Å². The van der Waals surface area contributed by atoms with Crippen molar-refractivity contribution >= 4 is 17.4 Å². The second-order valence-corrected chi connectivity index (χ2v) is 7.64. The fourth-order valence-electron chi connectivity index (χ4n) is 3.80. The normalized spacial score (nSPS) is 16.8. The van der Waals surface area contributed by atoms with Crippen molar-refractivity contribution in [2.24, 2.45) is 0 Å². The van der Waals surface area contributed by atoms with Crippen LogP contribution in [0.15, 0.2) is 42.5 Å². The van der Waals surface area contributed by atoms with Crippen molar-refractivity contribution < 1.29 is 49.4 Å². The van der Waals surface area contributed by atoms with Crippen LogP contribution in [0.4, 0.5) is 50.0 Å². The summed E-state index contributed by atoms with van der Waals surface area (Å²) >= 11 is 0. The Morgan fingerprint density at radius 1 is 0.853 bits per heavy atom. The molecule has 2 aromatic rings. The first-order chi connectivity index (χ1) is 15.5. The molecule has 0 aromatic heterocycles. The van der Waals surface area contributed by atoms with Crippen molar-refractivity contribution in [3.05, 3.63) is 70.3 Å². The van der Waals surface area contributed by atoms with Crippen molar-refractivity contribution in [1.29, 1.82) is 0 Å². The smallest absolute Gasteiger partial charge is 0.416 e. The zero-order chi connectivity index (χ0) is 25.6. The van der Waals surface area contributed by atoms with E-state index in [1.807, 2.05) is 0 Å². The molecular weight excluding hydrogens is 481 g/mol. The maximum Gasteiger partial charge on any atom is 0.416 e. The first-order valence-corrected chi connectivity index (χ1v) is 9.75. The molecule has 0 aliphatic carbocycles. The third-order valence-electron chi connectivity index (χ3n) is 5.32. The summed E-state index contributed by atoms with van der Waals surface area (Å²) < 4.78 is 119. The number of halogens is 9. The minimum atomic E-state index is -5.09. The van der Waals surface area contributed by atoms with Crippen LogP contribution in [0, 0.1) is 0 Å². The standard InChI is InChI=1S/C22H16F9NO2/c1-2-16-8-12(5-11-6-14(21(26,27)28)9-15(7-11)22(29,30)31)17-10-13(20(23,24)25)3-4-18(17)32(16)19(33)34/h3-4,6-10,16H,2,5H2,1H3,(H,33,34)/t16-/m1/s1. The number of fused-ring (bicyclic) bond motifs is 1. The molecule has 12 heteroatoms. The number of rotatable bonds is 3. The SMILES string of the molecule is CC[C@@H]1C=C(Cc2cc(C(F)(F)F)cc(C(F)(F)F)c2)c2cc(C(F)(F)F)ccc2N1C(=O)O. The summed E-state index contributed by atoms with van der Waals surface area (Å²) in [6.07, 6.45) is -15.6. The highest BCUT2D eigenvalue weighted by atomic mass is 19.4. The van der Waals surface area contributed by atoms with Gasteiger partial charge in [0.15, 0.2) is 0 Å². The van der Waals surface area contributed by atoms with Crippen LogP contribution in [0.3, 0.4) is 0 Å². The highest BCUT2D eigenvalue weighted by molar-refractivity contribution is 5.95. The van der Waals surface area contributed by atoms with Crippen LogP contribution in [-0.4, -0.2) is 17.2 Å². The molecule has 34 heavy (non-hydrogen) atoms. The molecule has 1 aliphatic heterocycles. The summed E-state index contributed by atoms with van der Waals surface area (Å²) in [7, 11) is 0. The van der Waals surface area contributed by atoms with E-state index < -0.39 is 59.3 Å². The fraction of sp³-hybridized carbons (Fsp3) is 0.318. The maximum absolute atomic E-state index is 13.3. The molecular formula is C22H16F9NO2. The van der Waals surface area contributed by atoms with E-state index in [0.29, 0.717) is 24.3 Å². The lowest BCUT2D eigenvalue weighted by molar-refractivity contribution is -0.143. The van der Waals surface area contributed by atoms with Gasteiger partial charge in [-0.15, -0.1) is 0 Å². The number of nitrogens with zero attached hydrogens (tertiary/aromatic N) is 1. The summed E-state index contributed by atoms with van der Waals surface area (Å²) in [5.41, 5.74) is -5.10. The average molecular weight is 497 g/mol. The van der Waals surface area contributed by atoms with Crippen molar-refractivity contribution in [3.8, 4) is 0 Å². The predicted octanol–water partition coefficient (Wildman–Crippen LogP) is 7.65. The minimum Gasteiger partial charge on any atom is -0.465 e. The zero-order valence-corrected chi connectivity index (χ0v) is 17.2. The Morgan fingerprint density at radius 2 is 1.38 bits per heavy atom. The highest BCUT2D eigenvalue weighted by Crippen LogP contribution is 2.42. The first kappa shape index (κ1) is 25.4. The molecule has 0 saturated heterocycles. The number of allylic oxidation sites excluding steroid dienone is 1. The lowest BCUT2D eigenvalue weighted by Gasteiger charge is -2.34. The van der Waals surface area contributed by atoms with E-state index in [2.05, 4.69) is 0 Å². The third kappa shape index (κ3) is 5.15. The zero-order valence-electron chi connectivity index (χ0n) is 17.2. The van der Waals surface area contributed by atoms with Gasteiger partial charge in [-0.1, -0.05) is 13.0 Å². The molecule has 1 aliphatic rings. The van der Waals surface area contributed by atoms with Gasteiger partial charge >= 0.3 is 24.6 Å². The van der Waals surface area contributed by atoms with Gasteiger partial charge in [-0.25, -0.2) is 4.79 Å². The van der Waals surface area contributed by atoms with E-state index in [0.717, 1.165) is 11.0 Å². The molecule has 1 atom stereocenters. The van der Waals surface area contributed by atoms with E-state index in [9.17, 15) is 49.4 Å². The molecule has 1 N–H and O–H groups in total. The van der Waals surface area contributed by atoms with Crippen molar-refractivity contribution in [2.45, 2.75) is 44.3 Å². The lowest BCUT2D eigenvalue weighted by Crippen LogP contribution is -2.41. The molecule has 3 nitrogen and oxygen atoms in total. The van der Waals surface area contributed by atoms with Crippen molar-refractivity contribution in [2.75, 3.05) is 4.90 Å². The van der Waals surface area contributed by atoms with E-state index in [1.54, 1.807) is 6.92 Å². The summed E-state index contributed by atoms with van der Waals surface area (Å²) in [5.74, 6) is 0. The van der Waals surface area contributed by atoms with E-state index >= 15 is 0 Å². The van der Waals surface area contributed by atoms with Crippen LogP contribution in [-0.2, 0) is 24.9 Å². The monoisotopic (exact) mass is 497 g/mol. The number of hydrogen-bond donors (Lipinski definition) is 1. The van der Waals surface area contributed by atoms with Crippen LogP contribution < -0.4 is 4.90 Å². The molecule has 2 aromatic carbocycles. The Kier molecular flexibility index (Phi) is 6.40. The van der Waals surface area contributed by atoms with Gasteiger partial charge in [0, 0.05) is 5.56 Å². The number of benzene rings is 2. The summed E-state index contributed by atoms with van der Waals surface area (Å²) in [5, 5.41) is 9.57. The Balaban J connectivity index is 2.19. The quantitative estimate of drug-likeness (QED) is 0.443. The van der Waals surface area contributed by atoms with Crippen molar-refractivity contribution in [1.82, 2.24) is 0 Å². The Hall–Kier alpha value is -3.18. The predicted molar refractivity (Wildman–Crippen MR) is 104 cm³/mol. The van der Waals surface area contributed by atoms with Crippen LogP contribution in [0.1, 0.15) is 41.2 Å². The number of carboxylic acid groups (broad SMARTS) is 1. The first-order valence-electron chi connectivity index (χ1n) is 9.75. The summed E-state index contributed by atoms with van der Waals surface area (Å²) in [4.78, 5) is 12.6. The average Bonchev–Trinajstić information content (AvgIpc) is 2.70. The fourth-order valence-corrected chi connectivity index (χ4v) is 3.80. The van der Waals surface area contributed by atoms with E-state index in [-0.39, 0.29) is 29.3 Å². The number of alkyl halides is 9. The summed E-state index contributed by atoms with van der Waals surface area (Å²) in [6, 6.07) is 2.29. The second kappa shape index (κ2) is 8.55.